The van der Waals surface area contributed by atoms with Gasteiger partial charge < -0.3 is 28.8 Å². The van der Waals surface area contributed by atoms with Gasteiger partial charge in [0.25, 0.3) is 5.56 Å². The minimum atomic E-state index is -3.98. The van der Waals surface area contributed by atoms with Crippen LogP contribution in [0.15, 0.2) is 32.8 Å². The molecule has 0 bridgehead atoms. The van der Waals surface area contributed by atoms with Gasteiger partial charge in [0.05, 0.1) is 38.5 Å². The van der Waals surface area contributed by atoms with Crippen LogP contribution in [0.5, 0.6) is 0 Å². The van der Waals surface area contributed by atoms with Crippen molar-refractivity contribution in [2.24, 2.45) is 0 Å². The second kappa shape index (κ2) is 17.2. The average molecular weight is 810 g/mol. The molecule has 0 aliphatic carbocycles. The number of aromatic amines is 1. The van der Waals surface area contributed by atoms with Crippen LogP contribution < -0.4 is 22.7 Å². The number of anilines is 1. The van der Waals surface area contributed by atoms with Crippen molar-refractivity contribution in [1.82, 2.24) is 37.8 Å². The van der Waals surface area contributed by atoms with Crippen LogP contribution in [0.2, 0.25) is 0 Å². The number of rotatable bonds is 15. The molecule has 300 valence electrons. The number of hydrogen-bond acceptors (Lipinski definition) is 13. The lowest BCUT2D eigenvalue weighted by Crippen LogP contribution is -2.51. The average Bonchev–Trinajstić information content (AvgIpc) is 3.09. The van der Waals surface area contributed by atoms with Crippen LogP contribution in [0.25, 0.3) is 0 Å². The van der Waals surface area contributed by atoms with Gasteiger partial charge in [0.2, 0.25) is 7.37 Å². The van der Waals surface area contributed by atoms with Crippen LogP contribution in [0.3, 0.4) is 0 Å². The van der Waals surface area contributed by atoms with Gasteiger partial charge in [-0.15, -0.1) is 0 Å². The van der Waals surface area contributed by atoms with E-state index in [4.69, 9.17) is 28.8 Å². The minimum Gasteiger partial charge on any atom is -0.383 e. The monoisotopic (exact) mass is 809 g/mol. The Labute approximate surface area is 309 Å². The van der Waals surface area contributed by atoms with Gasteiger partial charge in [0, 0.05) is 49.5 Å². The number of ether oxygens (including phenoxy) is 2. The van der Waals surface area contributed by atoms with Crippen LogP contribution in [0, 0.1) is 6.92 Å². The smallest absolute Gasteiger partial charge is 0.351 e. The third kappa shape index (κ3) is 9.39. The van der Waals surface area contributed by atoms with Gasteiger partial charge in [-0.3, -0.25) is 32.6 Å². The molecule has 53 heavy (non-hydrogen) atoms. The van der Waals surface area contributed by atoms with Gasteiger partial charge in [-0.2, -0.15) is 4.98 Å². The first-order valence-electron chi connectivity index (χ1n) is 17.1. The third-order valence-corrected chi connectivity index (χ3v) is 17.7. The molecule has 2 aliphatic heterocycles. The predicted molar refractivity (Wildman–Crippen MR) is 199 cm³/mol. The molecule has 2 aliphatic rings. The van der Waals surface area contributed by atoms with E-state index in [2.05, 4.69) is 9.97 Å². The summed E-state index contributed by atoms with van der Waals surface area (Å²) in [5.41, 5.74) is 3.48. The highest BCUT2D eigenvalue weighted by Gasteiger charge is 2.46. The van der Waals surface area contributed by atoms with Gasteiger partial charge >= 0.3 is 26.7 Å². The second-order valence-electron chi connectivity index (χ2n) is 14.0. The predicted octanol–water partition coefficient (Wildman–Crippen LogP) is 2.20. The van der Waals surface area contributed by atoms with Gasteiger partial charge in [-0.1, -0.05) is 27.7 Å². The molecule has 4 rings (SSSR count). The molecule has 0 aromatic carbocycles. The van der Waals surface area contributed by atoms with E-state index in [-0.39, 0.29) is 62.1 Å². The Hall–Kier alpha value is -2.31. The lowest BCUT2D eigenvalue weighted by molar-refractivity contribution is -0.127. The summed E-state index contributed by atoms with van der Waals surface area (Å²) < 4.78 is 81.6. The molecule has 0 radical (unpaired) electrons. The van der Waals surface area contributed by atoms with E-state index in [1.54, 1.807) is 32.9 Å². The quantitative estimate of drug-likeness (QED) is 0.246. The zero-order valence-electron chi connectivity index (χ0n) is 32.0. The third-order valence-electron chi connectivity index (χ3n) is 9.17. The Kier molecular flexibility index (Phi) is 14.1. The van der Waals surface area contributed by atoms with Crippen molar-refractivity contribution >= 4 is 28.5 Å². The number of aryl methyl sites for hydroxylation is 1. The molecule has 6 atom stereocenters. The topological polar surface area (TPSA) is 226 Å². The fourth-order valence-corrected chi connectivity index (χ4v) is 12.2. The van der Waals surface area contributed by atoms with Crippen molar-refractivity contribution < 1.29 is 36.7 Å². The normalized spacial score (nSPS) is 24.6. The minimum absolute atomic E-state index is 0.00129. The second-order valence-corrected chi connectivity index (χ2v) is 22.9. The van der Waals surface area contributed by atoms with E-state index in [9.17, 15) is 23.5 Å². The largest absolute Gasteiger partial charge is 0.383 e. The number of nitrogens with two attached hydrogens (primary N) is 1. The van der Waals surface area contributed by atoms with Gasteiger partial charge in [0.15, 0.2) is 12.5 Å². The summed E-state index contributed by atoms with van der Waals surface area (Å²) in [6, 6.07) is 1.44. The van der Waals surface area contributed by atoms with Gasteiger partial charge in [-0.25, -0.2) is 28.3 Å². The number of H-pyrrole nitrogens is 1. The SMILES string of the molecule is COP(=O)(N(C)C)N1CC(COP(=O)(N(C)C)N2CC(COP(=O)(C(C)C)C(C)C)OC(n3ccc(N)nc3=O)C2)OC(n2cc(C)c(=O)[nH]c2=O)C1. The molecule has 4 heterocycles. The van der Waals surface area contributed by atoms with Crippen molar-refractivity contribution in [2.75, 3.05) is 80.4 Å². The van der Waals surface area contributed by atoms with Gasteiger partial charge in [0.1, 0.15) is 5.82 Å². The first-order chi connectivity index (χ1) is 24.7. The van der Waals surface area contributed by atoms with Crippen LogP contribution in [-0.4, -0.2) is 136 Å². The molecule has 6 unspecified atom stereocenters. The van der Waals surface area contributed by atoms with E-state index < -0.39 is 64.3 Å². The van der Waals surface area contributed by atoms with Crippen molar-refractivity contribution in [1.29, 1.82) is 0 Å². The van der Waals surface area contributed by atoms with E-state index in [0.717, 1.165) is 0 Å². The van der Waals surface area contributed by atoms with E-state index in [1.807, 2.05) is 27.7 Å². The molecule has 0 spiro atoms. The van der Waals surface area contributed by atoms with Crippen molar-refractivity contribution in [2.45, 2.75) is 70.6 Å². The molecular formula is C30H54N9O11P3. The Morgan fingerprint density at radius 2 is 1.38 bits per heavy atom. The molecule has 2 aromatic heterocycles. The Balaban J connectivity index is 1.67. The van der Waals surface area contributed by atoms with Crippen molar-refractivity contribution in [3.05, 3.63) is 55.3 Å². The first kappa shape index (κ1) is 43.4. The highest BCUT2D eigenvalue weighted by molar-refractivity contribution is 7.60. The lowest BCUT2D eigenvalue weighted by Gasteiger charge is -2.45. The molecule has 2 fully saturated rings. The lowest BCUT2D eigenvalue weighted by atomic mass is 10.3. The Morgan fingerprint density at radius 3 is 1.87 bits per heavy atom. The van der Waals surface area contributed by atoms with E-state index in [1.165, 1.54) is 55.6 Å². The summed E-state index contributed by atoms with van der Waals surface area (Å²) in [5, 5.41) is 0. The summed E-state index contributed by atoms with van der Waals surface area (Å²) in [4.78, 5) is 44.1. The van der Waals surface area contributed by atoms with E-state index in [0.29, 0.717) is 0 Å². The molecular weight excluding hydrogens is 755 g/mol. The summed E-state index contributed by atoms with van der Waals surface area (Å²) in [5.74, 6) is 0.0160. The molecule has 23 heteroatoms. The number of aromatic nitrogens is 4. The molecule has 0 saturated carbocycles. The zero-order valence-corrected chi connectivity index (χ0v) is 34.7. The van der Waals surface area contributed by atoms with Crippen molar-refractivity contribution in [3.8, 4) is 0 Å². The molecule has 20 nitrogen and oxygen atoms in total. The van der Waals surface area contributed by atoms with Crippen LogP contribution >= 0.6 is 22.7 Å². The molecule has 2 saturated heterocycles. The maximum Gasteiger partial charge on any atom is 0.351 e. The highest BCUT2D eigenvalue weighted by Crippen LogP contribution is 2.58. The summed E-state index contributed by atoms with van der Waals surface area (Å²) >= 11 is 0. The van der Waals surface area contributed by atoms with E-state index >= 15 is 4.57 Å². The zero-order chi connectivity index (χ0) is 39.6. The number of morpholine rings is 2. The van der Waals surface area contributed by atoms with Crippen molar-refractivity contribution in [3.63, 3.8) is 0 Å². The fraction of sp³-hybridized carbons (Fsp3) is 0.733. The maximum absolute atomic E-state index is 15.0. The molecule has 2 aromatic rings. The summed E-state index contributed by atoms with van der Waals surface area (Å²) in [6.45, 7) is 8.26. The van der Waals surface area contributed by atoms with Crippen LogP contribution in [0.4, 0.5) is 5.82 Å². The summed E-state index contributed by atoms with van der Waals surface area (Å²) in [6.07, 6.45) is -0.995. The Bertz CT molecular complexity index is 1910. The number of nitrogens with one attached hydrogen (secondary N) is 1. The number of nitrogen functional groups attached to an aromatic ring is 1. The van der Waals surface area contributed by atoms with Gasteiger partial charge in [-0.05, 0) is 41.2 Å². The molecule has 0 amide bonds. The maximum atomic E-state index is 15.0. The highest BCUT2D eigenvalue weighted by atomic mass is 31.2. The number of hydrogen-bond donors (Lipinski definition) is 2. The number of nitrogens with zero attached hydrogens (tertiary/aromatic N) is 7. The Morgan fingerprint density at radius 1 is 0.868 bits per heavy atom. The fourth-order valence-electron chi connectivity index (χ4n) is 6.20. The van der Waals surface area contributed by atoms with Crippen LogP contribution in [-0.2, 0) is 36.7 Å². The standard InChI is InChI=1S/C30H54N9O11P3/c1-20(2)51(43,21(3)4)47-18-23-15-37(16-26(49-23)38-12-11-25(31)32-29(38)41)53(45,35(8)9)48-19-24-14-36(52(44,46-10)34(6)7)17-27(50-24)39-13-22(5)28(40)33-30(39)42/h11-13,20-21,23-24,26-27H,14-19H2,1-10H3,(H2,31,32,41)(H,33,40,42). The first-order valence-corrected chi connectivity index (χ1v) is 22.0. The van der Waals surface area contributed by atoms with Crippen LogP contribution in [0.1, 0.15) is 45.7 Å². The molecule has 3 N–H and O–H groups in total. The summed E-state index contributed by atoms with van der Waals surface area (Å²) in [7, 11) is -3.10.